The Labute approximate surface area is 145 Å². The van der Waals surface area contributed by atoms with Crippen LogP contribution in [0.15, 0.2) is 59.6 Å². The SMILES string of the molecule is Cc1cccc(C2=NC(=O)[C@](C)([C@H](C[N+](=O)[O-])c3ccccc3)O2)c1. The van der Waals surface area contributed by atoms with Crippen LogP contribution >= 0.6 is 0 Å². The van der Waals surface area contributed by atoms with Crippen LogP contribution in [-0.2, 0) is 9.53 Å². The molecule has 0 unspecified atom stereocenters. The summed E-state index contributed by atoms with van der Waals surface area (Å²) < 4.78 is 5.92. The van der Waals surface area contributed by atoms with Crippen LogP contribution in [0.1, 0.15) is 29.5 Å². The standard InChI is InChI=1S/C19H18N2O4/c1-13-7-6-10-15(11-13)17-20-18(22)19(2,25-17)16(12-21(23)24)14-8-4-3-5-9-14/h3-11,16H,12H2,1-2H3/t16-,19+/m1/s1. The predicted molar refractivity (Wildman–Crippen MR) is 93.3 cm³/mol. The van der Waals surface area contributed by atoms with Crippen molar-refractivity contribution < 1.29 is 14.5 Å². The number of aliphatic imine (C=N–C) groups is 1. The van der Waals surface area contributed by atoms with E-state index in [-0.39, 0.29) is 5.90 Å². The molecule has 0 spiro atoms. The van der Waals surface area contributed by atoms with E-state index in [1.165, 1.54) is 0 Å². The fourth-order valence-corrected chi connectivity index (χ4v) is 3.02. The van der Waals surface area contributed by atoms with Crippen LogP contribution in [0.4, 0.5) is 0 Å². The minimum atomic E-state index is -1.41. The van der Waals surface area contributed by atoms with Gasteiger partial charge in [0.05, 0.1) is 5.92 Å². The molecular weight excluding hydrogens is 320 g/mol. The monoisotopic (exact) mass is 338 g/mol. The highest BCUT2D eigenvalue weighted by molar-refractivity contribution is 6.09. The van der Waals surface area contributed by atoms with Crippen LogP contribution in [0.2, 0.25) is 0 Å². The molecule has 0 aromatic heterocycles. The van der Waals surface area contributed by atoms with Gasteiger partial charge in [-0.1, -0.05) is 48.0 Å². The van der Waals surface area contributed by atoms with E-state index in [2.05, 4.69) is 4.99 Å². The van der Waals surface area contributed by atoms with E-state index in [0.717, 1.165) is 5.56 Å². The summed E-state index contributed by atoms with van der Waals surface area (Å²) in [5, 5.41) is 11.2. The molecule has 2 atom stereocenters. The lowest BCUT2D eigenvalue weighted by Gasteiger charge is -2.29. The Bertz CT molecular complexity index is 848. The molecule has 0 fully saturated rings. The largest absolute Gasteiger partial charge is 0.460 e. The molecule has 0 aliphatic carbocycles. The Morgan fingerprint density at radius 1 is 1.20 bits per heavy atom. The van der Waals surface area contributed by atoms with Gasteiger partial charge in [0.1, 0.15) is 0 Å². The fourth-order valence-electron chi connectivity index (χ4n) is 3.02. The zero-order valence-corrected chi connectivity index (χ0v) is 14.0. The molecule has 2 aromatic carbocycles. The highest BCUT2D eigenvalue weighted by Gasteiger charge is 2.51. The van der Waals surface area contributed by atoms with Gasteiger partial charge in [0.15, 0.2) is 0 Å². The van der Waals surface area contributed by atoms with Crippen molar-refractivity contribution in [3.8, 4) is 0 Å². The zero-order valence-electron chi connectivity index (χ0n) is 14.0. The van der Waals surface area contributed by atoms with Crippen molar-refractivity contribution >= 4 is 11.8 Å². The number of nitro groups is 1. The normalized spacial score (nSPS) is 20.7. The van der Waals surface area contributed by atoms with Crippen LogP contribution in [0.25, 0.3) is 0 Å². The van der Waals surface area contributed by atoms with Crippen molar-refractivity contribution in [2.45, 2.75) is 25.4 Å². The van der Waals surface area contributed by atoms with Gasteiger partial charge in [0, 0.05) is 10.5 Å². The van der Waals surface area contributed by atoms with E-state index in [9.17, 15) is 14.9 Å². The number of hydrogen-bond donors (Lipinski definition) is 0. The maximum Gasteiger partial charge on any atom is 0.293 e. The van der Waals surface area contributed by atoms with Gasteiger partial charge in [0.25, 0.3) is 5.91 Å². The third-order valence-corrected chi connectivity index (χ3v) is 4.40. The second kappa shape index (κ2) is 6.47. The van der Waals surface area contributed by atoms with Crippen molar-refractivity contribution in [3.63, 3.8) is 0 Å². The summed E-state index contributed by atoms with van der Waals surface area (Å²) in [5.74, 6) is -1.03. The summed E-state index contributed by atoms with van der Waals surface area (Å²) in [4.78, 5) is 27.4. The summed E-state index contributed by atoms with van der Waals surface area (Å²) >= 11 is 0. The fraction of sp³-hybridized carbons (Fsp3) is 0.263. The highest BCUT2D eigenvalue weighted by Crippen LogP contribution is 2.37. The number of carbonyl (C=O) groups is 1. The first-order chi connectivity index (χ1) is 11.9. The molecule has 0 radical (unpaired) electrons. The molecule has 0 saturated heterocycles. The Morgan fingerprint density at radius 3 is 2.56 bits per heavy atom. The average Bonchev–Trinajstić information content (AvgIpc) is 2.89. The van der Waals surface area contributed by atoms with Crippen molar-refractivity contribution in [2.75, 3.05) is 6.54 Å². The van der Waals surface area contributed by atoms with E-state index in [1.54, 1.807) is 37.3 Å². The molecule has 1 aliphatic heterocycles. The summed E-state index contributed by atoms with van der Waals surface area (Å²) in [7, 11) is 0. The predicted octanol–water partition coefficient (Wildman–Crippen LogP) is 3.12. The first-order valence-electron chi connectivity index (χ1n) is 7.96. The molecule has 1 heterocycles. The number of hydrogen-bond acceptors (Lipinski definition) is 4. The number of ether oxygens (including phenoxy) is 1. The number of rotatable bonds is 5. The van der Waals surface area contributed by atoms with E-state index in [4.69, 9.17) is 4.74 Å². The third-order valence-electron chi connectivity index (χ3n) is 4.40. The van der Waals surface area contributed by atoms with Crippen LogP contribution in [-0.4, -0.2) is 28.9 Å². The number of aryl methyl sites for hydroxylation is 1. The number of benzene rings is 2. The van der Waals surface area contributed by atoms with Gasteiger partial charge in [-0.2, -0.15) is 4.99 Å². The third kappa shape index (κ3) is 3.28. The van der Waals surface area contributed by atoms with E-state index in [0.29, 0.717) is 11.1 Å². The minimum Gasteiger partial charge on any atom is -0.460 e. The van der Waals surface area contributed by atoms with Gasteiger partial charge >= 0.3 is 0 Å². The number of amides is 1. The lowest BCUT2D eigenvalue weighted by molar-refractivity contribution is -0.486. The van der Waals surface area contributed by atoms with Crippen LogP contribution in [0.3, 0.4) is 0 Å². The first kappa shape index (κ1) is 16.8. The number of nitrogens with zero attached hydrogens (tertiary/aromatic N) is 2. The lowest BCUT2D eigenvalue weighted by atomic mass is 9.82. The van der Waals surface area contributed by atoms with Crippen molar-refractivity contribution in [2.24, 2.45) is 4.99 Å². The van der Waals surface area contributed by atoms with Crippen molar-refractivity contribution in [3.05, 3.63) is 81.4 Å². The Kier molecular flexibility index (Phi) is 4.35. The summed E-state index contributed by atoms with van der Waals surface area (Å²) in [6.45, 7) is 3.09. The Morgan fingerprint density at radius 2 is 1.92 bits per heavy atom. The number of carbonyl (C=O) groups excluding carboxylic acids is 1. The van der Waals surface area contributed by atoms with Crippen molar-refractivity contribution in [1.29, 1.82) is 0 Å². The molecule has 3 rings (SSSR count). The van der Waals surface area contributed by atoms with E-state index >= 15 is 0 Å². The molecule has 0 bridgehead atoms. The van der Waals surface area contributed by atoms with Crippen LogP contribution in [0.5, 0.6) is 0 Å². The lowest BCUT2D eigenvalue weighted by Crippen LogP contribution is -2.43. The smallest absolute Gasteiger partial charge is 0.293 e. The molecule has 0 N–H and O–H groups in total. The molecule has 25 heavy (non-hydrogen) atoms. The van der Waals surface area contributed by atoms with Gasteiger partial charge in [0.2, 0.25) is 18.0 Å². The molecule has 1 aliphatic rings. The molecule has 2 aromatic rings. The van der Waals surface area contributed by atoms with Crippen LogP contribution < -0.4 is 0 Å². The molecule has 6 heteroatoms. The summed E-state index contributed by atoms with van der Waals surface area (Å²) in [5.41, 5.74) is 0.962. The van der Waals surface area contributed by atoms with Gasteiger partial charge in [-0.05, 0) is 31.5 Å². The Balaban J connectivity index is 1.97. The minimum absolute atomic E-state index is 0.209. The summed E-state index contributed by atoms with van der Waals surface area (Å²) in [6.07, 6.45) is 0. The first-order valence-corrected chi connectivity index (χ1v) is 7.96. The molecule has 6 nitrogen and oxygen atoms in total. The molecule has 128 valence electrons. The summed E-state index contributed by atoms with van der Waals surface area (Å²) in [6, 6.07) is 16.4. The molecule has 0 saturated carbocycles. The maximum absolute atomic E-state index is 12.6. The van der Waals surface area contributed by atoms with Gasteiger partial charge in [-0.15, -0.1) is 0 Å². The molecule has 1 amide bonds. The van der Waals surface area contributed by atoms with Crippen LogP contribution in [0, 0.1) is 17.0 Å². The zero-order chi connectivity index (χ0) is 18.0. The second-order valence-corrected chi connectivity index (χ2v) is 6.28. The van der Waals surface area contributed by atoms with Gasteiger partial charge in [-0.3, -0.25) is 14.9 Å². The van der Waals surface area contributed by atoms with Gasteiger partial charge in [-0.25, -0.2) is 0 Å². The van der Waals surface area contributed by atoms with E-state index < -0.39 is 28.9 Å². The Hall–Kier alpha value is -3.02. The van der Waals surface area contributed by atoms with E-state index in [1.807, 2.05) is 31.2 Å². The second-order valence-electron chi connectivity index (χ2n) is 6.28. The molecular formula is C19H18N2O4. The topological polar surface area (TPSA) is 81.8 Å². The maximum atomic E-state index is 12.6. The average molecular weight is 338 g/mol. The van der Waals surface area contributed by atoms with Crippen molar-refractivity contribution in [1.82, 2.24) is 0 Å². The quantitative estimate of drug-likeness (QED) is 0.619. The van der Waals surface area contributed by atoms with Gasteiger partial charge < -0.3 is 4.74 Å². The highest BCUT2D eigenvalue weighted by atomic mass is 16.6.